The van der Waals surface area contributed by atoms with E-state index in [0.717, 1.165) is 11.3 Å². The molecule has 3 nitrogen and oxygen atoms in total. The van der Waals surface area contributed by atoms with Crippen LogP contribution >= 0.6 is 11.6 Å². The van der Waals surface area contributed by atoms with Crippen LogP contribution in [-0.4, -0.2) is 12.5 Å². The summed E-state index contributed by atoms with van der Waals surface area (Å²) in [6.45, 7) is 2.25. The quantitative estimate of drug-likeness (QED) is 0.848. The first kappa shape index (κ1) is 15.1. The monoisotopic (exact) mass is 298 g/mol. The minimum atomic E-state index is -0.151. The second kappa shape index (κ2) is 6.92. The lowest BCUT2D eigenvalue weighted by molar-refractivity contribution is 0.0987. The maximum absolute atomic E-state index is 12.7. The van der Waals surface area contributed by atoms with E-state index in [4.69, 9.17) is 16.9 Å². The van der Waals surface area contributed by atoms with Crippen LogP contribution in [0, 0.1) is 18.3 Å². The minimum Gasteiger partial charge on any atom is -0.307 e. The third-order valence-corrected chi connectivity index (χ3v) is 3.27. The van der Waals surface area contributed by atoms with Crippen LogP contribution in [0.25, 0.3) is 0 Å². The molecule has 0 aliphatic carbocycles. The Labute approximate surface area is 129 Å². The molecule has 1 amide bonds. The number of nitriles is 1. The molecule has 2 aromatic carbocycles. The average molecular weight is 299 g/mol. The normalized spacial score (nSPS) is 9.95. The number of nitrogens with zero attached hydrogens (tertiary/aromatic N) is 2. The maximum atomic E-state index is 12.7. The Morgan fingerprint density at radius 2 is 1.95 bits per heavy atom. The second-order valence-corrected chi connectivity index (χ2v) is 5.15. The van der Waals surface area contributed by atoms with Crippen LogP contribution in [0.1, 0.15) is 22.3 Å². The molecule has 0 aromatic heterocycles. The number of benzene rings is 2. The SMILES string of the molecule is Cc1cc(Cl)cc(C(=O)N(CCC#N)c2ccccc2)c1. The van der Waals surface area contributed by atoms with Crippen LogP contribution in [0.4, 0.5) is 5.69 Å². The zero-order valence-electron chi connectivity index (χ0n) is 11.7. The topological polar surface area (TPSA) is 44.1 Å². The molecule has 0 bridgehead atoms. The van der Waals surface area contributed by atoms with E-state index in [2.05, 4.69) is 6.07 Å². The fourth-order valence-electron chi connectivity index (χ4n) is 2.13. The van der Waals surface area contributed by atoms with Gasteiger partial charge < -0.3 is 4.90 Å². The Morgan fingerprint density at radius 1 is 1.24 bits per heavy atom. The first-order chi connectivity index (χ1) is 10.1. The Bertz CT molecular complexity index is 657. The highest BCUT2D eigenvalue weighted by molar-refractivity contribution is 6.31. The molecule has 21 heavy (non-hydrogen) atoms. The van der Waals surface area contributed by atoms with Crippen LogP contribution in [0.3, 0.4) is 0 Å². The van der Waals surface area contributed by atoms with Crippen molar-refractivity contribution >= 4 is 23.2 Å². The van der Waals surface area contributed by atoms with Crippen LogP contribution in [0.15, 0.2) is 48.5 Å². The molecule has 0 saturated carbocycles. The van der Waals surface area contributed by atoms with E-state index < -0.39 is 0 Å². The van der Waals surface area contributed by atoms with Crippen molar-refractivity contribution in [3.8, 4) is 6.07 Å². The third kappa shape index (κ3) is 3.84. The highest BCUT2D eigenvalue weighted by atomic mass is 35.5. The zero-order chi connectivity index (χ0) is 15.2. The summed E-state index contributed by atoms with van der Waals surface area (Å²) in [6.07, 6.45) is 0.278. The van der Waals surface area contributed by atoms with Crippen molar-refractivity contribution in [2.45, 2.75) is 13.3 Å². The van der Waals surface area contributed by atoms with Gasteiger partial charge in [-0.1, -0.05) is 29.8 Å². The molecule has 0 N–H and O–H groups in total. The van der Waals surface area contributed by atoms with Gasteiger partial charge in [-0.15, -0.1) is 0 Å². The summed E-state index contributed by atoms with van der Waals surface area (Å²) in [5.74, 6) is -0.151. The van der Waals surface area contributed by atoms with E-state index in [0.29, 0.717) is 17.1 Å². The fraction of sp³-hybridized carbons (Fsp3) is 0.176. The van der Waals surface area contributed by atoms with Crippen LogP contribution in [0.2, 0.25) is 5.02 Å². The van der Waals surface area contributed by atoms with Gasteiger partial charge in [-0.3, -0.25) is 4.79 Å². The highest BCUT2D eigenvalue weighted by Crippen LogP contribution is 2.20. The van der Waals surface area contributed by atoms with Gasteiger partial charge >= 0.3 is 0 Å². The van der Waals surface area contributed by atoms with E-state index >= 15 is 0 Å². The minimum absolute atomic E-state index is 0.151. The van der Waals surface area contributed by atoms with Crippen molar-refractivity contribution in [1.29, 1.82) is 5.26 Å². The molecular formula is C17H15ClN2O. The fourth-order valence-corrected chi connectivity index (χ4v) is 2.42. The molecule has 2 aromatic rings. The number of hydrogen-bond acceptors (Lipinski definition) is 2. The maximum Gasteiger partial charge on any atom is 0.258 e. The smallest absolute Gasteiger partial charge is 0.258 e. The Hall–Kier alpha value is -2.31. The molecule has 4 heteroatoms. The van der Waals surface area contributed by atoms with Gasteiger partial charge in [0.15, 0.2) is 0 Å². The molecule has 0 heterocycles. The van der Waals surface area contributed by atoms with Gasteiger partial charge in [0.05, 0.1) is 12.5 Å². The van der Waals surface area contributed by atoms with Crippen LogP contribution < -0.4 is 4.90 Å². The summed E-state index contributed by atoms with van der Waals surface area (Å²) in [6, 6.07) is 16.7. The van der Waals surface area contributed by atoms with Gasteiger partial charge in [-0.2, -0.15) is 5.26 Å². The Balaban J connectivity index is 2.36. The molecular weight excluding hydrogens is 284 g/mol. The van der Waals surface area contributed by atoms with Gasteiger partial charge in [0.25, 0.3) is 5.91 Å². The van der Waals surface area contributed by atoms with E-state index in [9.17, 15) is 4.79 Å². The van der Waals surface area contributed by atoms with Gasteiger partial charge in [0, 0.05) is 22.8 Å². The van der Waals surface area contributed by atoms with E-state index in [1.165, 1.54) is 0 Å². The summed E-state index contributed by atoms with van der Waals surface area (Å²) in [5.41, 5.74) is 2.23. The molecule has 106 valence electrons. The number of halogens is 1. The molecule has 0 aliphatic rings. The highest BCUT2D eigenvalue weighted by Gasteiger charge is 2.18. The van der Waals surface area contributed by atoms with E-state index in [1.807, 2.05) is 37.3 Å². The predicted octanol–water partition coefficient (Wildman–Crippen LogP) is 4.21. The Kier molecular flexibility index (Phi) is 4.97. The summed E-state index contributed by atoms with van der Waals surface area (Å²) >= 11 is 6.03. The molecule has 0 unspecified atom stereocenters. The number of carbonyl (C=O) groups is 1. The third-order valence-electron chi connectivity index (χ3n) is 3.05. The standard InChI is InChI=1S/C17H15ClN2O/c1-13-10-14(12-15(18)11-13)17(21)20(9-5-8-19)16-6-3-2-4-7-16/h2-4,6-7,10-12H,5,9H2,1H3. The summed E-state index contributed by atoms with van der Waals surface area (Å²) < 4.78 is 0. The lowest BCUT2D eigenvalue weighted by Crippen LogP contribution is -2.31. The van der Waals surface area contributed by atoms with Crippen LogP contribution in [-0.2, 0) is 0 Å². The number of para-hydroxylation sites is 1. The van der Waals surface area contributed by atoms with Crippen molar-refractivity contribution < 1.29 is 4.79 Å². The molecule has 0 spiro atoms. The number of anilines is 1. The van der Waals surface area contributed by atoms with Crippen molar-refractivity contribution in [2.75, 3.05) is 11.4 Å². The van der Waals surface area contributed by atoms with Gasteiger partial charge in [-0.05, 0) is 42.8 Å². The molecule has 0 aliphatic heterocycles. The lowest BCUT2D eigenvalue weighted by atomic mass is 10.1. The predicted molar refractivity (Wildman–Crippen MR) is 84.5 cm³/mol. The lowest BCUT2D eigenvalue weighted by Gasteiger charge is -2.22. The number of carbonyl (C=O) groups excluding carboxylic acids is 1. The van der Waals surface area contributed by atoms with Gasteiger partial charge in [0.2, 0.25) is 0 Å². The molecule has 0 radical (unpaired) electrons. The molecule has 0 fully saturated rings. The van der Waals surface area contributed by atoms with Crippen molar-refractivity contribution in [1.82, 2.24) is 0 Å². The number of hydrogen-bond donors (Lipinski definition) is 0. The average Bonchev–Trinajstić information content (AvgIpc) is 2.47. The number of rotatable bonds is 4. The molecule has 2 rings (SSSR count). The molecule has 0 atom stereocenters. The number of aryl methyl sites for hydroxylation is 1. The summed E-state index contributed by atoms with van der Waals surface area (Å²) in [5, 5.41) is 9.33. The second-order valence-electron chi connectivity index (χ2n) is 4.72. The largest absolute Gasteiger partial charge is 0.307 e. The van der Waals surface area contributed by atoms with E-state index in [-0.39, 0.29) is 12.3 Å². The van der Waals surface area contributed by atoms with Crippen molar-refractivity contribution in [2.24, 2.45) is 0 Å². The number of amides is 1. The molecule has 0 saturated heterocycles. The van der Waals surface area contributed by atoms with Gasteiger partial charge in [-0.25, -0.2) is 0 Å². The van der Waals surface area contributed by atoms with Gasteiger partial charge in [0.1, 0.15) is 0 Å². The van der Waals surface area contributed by atoms with Crippen LogP contribution in [0.5, 0.6) is 0 Å². The first-order valence-electron chi connectivity index (χ1n) is 6.63. The van der Waals surface area contributed by atoms with Crippen molar-refractivity contribution in [3.63, 3.8) is 0 Å². The summed E-state index contributed by atoms with van der Waals surface area (Å²) in [7, 11) is 0. The Morgan fingerprint density at radius 3 is 2.57 bits per heavy atom. The van der Waals surface area contributed by atoms with Crippen molar-refractivity contribution in [3.05, 3.63) is 64.7 Å². The zero-order valence-corrected chi connectivity index (χ0v) is 12.5. The first-order valence-corrected chi connectivity index (χ1v) is 7.00. The van der Waals surface area contributed by atoms with E-state index in [1.54, 1.807) is 23.1 Å². The summed E-state index contributed by atoms with van der Waals surface area (Å²) in [4.78, 5) is 14.3.